The third kappa shape index (κ3) is 4.24. The van der Waals surface area contributed by atoms with Gasteiger partial charge in [0.1, 0.15) is 5.54 Å². The van der Waals surface area contributed by atoms with Gasteiger partial charge in [-0.25, -0.2) is 18.1 Å². The molecule has 4 rings (SSSR count). The number of amides is 3. The quantitative estimate of drug-likeness (QED) is 0.686. The number of hydrogen-bond acceptors (Lipinski definition) is 6. The Morgan fingerprint density at radius 2 is 1.84 bits per heavy atom. The average Bonchev–Trinajstić information content (AvgIpc) is 3.17. The van der Waals surface area contributed by atoms with Gasteiger partial charge in [-0.3, -0.25) is 14.4 Å². The molecule has 172 valence electrons. The molecule has 31 heavy (non-hydrogen) atoms. The standard InChI is InChI=1S/C21H33N5O4S/c1-15-18(16(2)26(23-15)17-8-11-31(29,30)13-17)12-24(3)14-25-19(27)21(22-20(25)28)9-6-4-5-7-10-21/h17H,4-14H2,1-3H3,(H,22,28). The molecule has 1 aliphatic carbocycles. The molecule has 1 spiro atoms. The SMILES string of the molecule is Cc1nn(C2CCS(=O)(=O)C2)c(C)c1CN(C)CN1C(=O)NC2(CCCCCC2)C1=O. The summed E-state index contributed by atoms with van der Waals surface area (Å²) in [5.74, 6) is 0.236. The Labute approximate surface area is 184 Å². The highest BCUT2D eigenvalue weighted by Gasteiger charge is 2.50. The Bertz CT molecular complexity index is 978. The number of nitrogens with zero attached hydrogens (tertiary/aromatic N) is 4. The molecule has 1 aromatic rings. The van der Waals surface area contributed by atoms with Crippen LogP contribution in [0.15, 0.2) is 0 Å². The van der Waals surface area contributed by atoms with E-state index in [-0.39, 0.29) is 36.2 Å². The number of rotatable bonds is 5. The van der Waals surface area contributed by atoms with Crippen molar-refractivity contribution in [3.8, 4) is 0 Å². The number of aryl methyl sites for hydroxylation is 1. The lowest BCUT2D eigenvalue weighted by Gasteiger charge is -2.26. The molecule has 1 N–H and O–H groups in total. The Hall–Kier alpha value is -1.94. The predicted octanol–water partition coefficient (Wildman–Crippen LogP) is 1.89. The van der Waals surface area contributed by atoms with Gasteiger partial charge in [0.25, 0.3) is 5.91 Å². The van der Waals surface area contributed by atoms with Crippen molar-refractivity contribution in [2.24, 2.45) is 0 Å². The molecule has 0 radical (unpaired) electrons. The van der Waals surface area contributed by atoms with Gasteiger partial charge in [0.2, 0.25) is 0 Å². The molecule has 0 aromatic carbocycles. The first-order valence-corrected chi connectivity index (χ1v) is 13.0. The molecule has 2 aliphatic heterocycles. The second-order valence-electron chi connectivity index (χ2n) is 9.47. The predicted molar refractivity (Wildman–Crippen MR) is 116 cm³/mol. The van der Waals surface area contributed by atoms with E-state index in [9.17, 15) is 18.0 Å². The molecule has 3 heterocycles. The van der Waals surface area contributed by atoms with Gasteiger partial charge in [0.15, 0.2) is 9.84 Å². The van der Waals surface area contributed by atoms with E-state index in [1.807, 2.05) is 30.5 Å². The van der Waals surface area contributed by atoms with Crippen LogP contribution in [0.1, 0.15) is 67.9 Å². The lowest BCUT2D eigenvalue weighted by Crippen LogP contribution is -2.47. The second-order valence-corrected chi connectivity index (χ2v) is 11.7. The first-order chi connectivity index (χ1) is 14.6. The highest BCUT2D eigenvalue weighted by atomic mass is 32.2. The van der Waals surface area contributed by atoms with Crippen molar-refractivity contribution in [3.63, 3.8) is 0 Å². The number of nitrogens with one attached hydrogen (secondary N) is 1. The van der Waals surface area contributed by atoms with Crippen molar-refractivity contribution in [2.45, 2.75) is 76.9 Å². The zero-order chi connectivity index (χ0) is 22.4. The van der Waals surface area contributed by atoms with Crippen LogP contribution in [0.2, 0.25) is 0 Å². The molecule has 2 saturated heterocycles. The fourth-order valence-electron chi connectivity index (χ4n) is 5.29. The molecule has 9 nitrogen and oxygen atoms in total. The summed E-state index contributed by atoms with van der Waals surface area (Å²) in [4.78, 5) is 29.1. The van der Waals surface area contributed by atoms with E-state index in [2.05, 4.69) is 10.4 Å². The zero-order valence-corrected chi connectivity index (χ0v) is 19.5. The topological polar surface area (TPSA) is 105 Å². The monoisotopic (exact) mass is 451 g/mol. The van der Waals surface area contributed by atoms with Gasteiger partial charge in [-0.05, 0) is 40.2 Å². The largest absolute Gasteiger partial charge is 0.326 e. The third-order valence-corrected chi connectivity index (χ3v) is 8.79. The second kappa shape index (κ2) is 8.20. The maximum Gasteiger partial charge on any atom is 0.326 e. The Kier molecular flexibility index (Phi) is 5.89. The van der Waals surface area contributed by atoms with Crippen LogP contribution in [0, 0.1) is 13.8 Å². The number of carbonyl (C=O) groups is 2. The van der Waals surface area contributed by atoms with Gasteiger partial charge in [-0.2, -0.15) is 5.10 Å². The molecule has 3 fully saturated rings. The Morgan fingerprint density at radius 3 is 2.45 bits per heavy atom. The minimum Gasteiger partial charge on any atom is -0.323 e. The minimum atomic E-state index is -2.99. The van der Waals surface area contributed by atoms with E-state index in [1.54, 1.807) is 0 Å². The third-order valence-electron chi connectivity index (χ3n) is 7.04. The smallest absolute Gasteiger partial charge is 0.323 e. The molecular formula is C21H33N5O4S. The van der Waals surface area contributed by atoms with Gasteiger partial charge in [-0.1, -0.05) is 25.7 Å². The molecular weight excluding hydrogens is 418 g/mol. The van der Waals surface area contributed by atoms with Crippen molar-refractivity contribution in [1.82, 2.24) is 24.9 Å². The number of carbonyl (C=O) groups excluding carboxylic acids is 2. The van der Waals surface area contributed by atoms with Crippen LogP contribution in [0.3, 0.4) is 0 Å². The maximum absolute atomic E-state index is 13.1. The minimum absolute atomic E-state index is 0.105. The molecule has 10 heteroatoms. The summed E-state index contributed by atoms with van der Waals surface area (Å²) in [5.41, 5.74) is 2.09. The van der Waals surface area contributed by atoms with Gasteiger partial charge in [0.05, 0.1) is 29.9 Å². The normalized spacial score (nSPS) is 25.4. The maximum atomic E-state index is 13.1. The number of hydrogen-bond donors (Lipinski definition) is 1. The fourth-order valence-corrected chi connectivity index (χ4v) is 6.98. The Balaban J connectivity index is 1.45. The molecule has 1 saturated carbocycles. The zero-order valence-electron chi connectivity index (χ0n) is 18.7. The van der Waals surface area contributed by atoms with Gasteiger partial charge < -0.3 is 5.32 Å². The molecule has 0 bridgehead atoms. The highest BCUT2D eigenvalue weighted by molar-refractivity contribution is 7.91. The molecule has 3 aliphatic rings. The molecule has 1 atom stereocenters. The van der Waals surface area contributed by atoms with E-state index >= 15 is 0 Å². The first kappa shape index (κ1) is 22.3. The van der Waals surface area contributed by atoms with Gasteiger partial charge >= 0.3 is 6.03 Å². The highest BCUT2D eigenvalue weighted by Crippen LogP contribution is 2.33. The van der Waals surface area contributed by atoms with Gasteiger partial charge in [-0.15, -0.1) is 0 Å². The number of aromatic nitrogens is 2. The fraction of sp³-hybridized carbons (Fsp3) is 0.762. The lowest BCUT2D eigenvalue weighted by atomic mass is 9.90. The number of urea groups is 1. The molecule has 3 amide bonds. The average molecular weight is 452 g/mol. The van der Waals surface area contributed by atoms with Crippen LogP contribution < -0.4 is 5.32 Å². The van der Waals surface area contributed by atoms with E-state index < -0.39 is 15.4 Å². The Morgan fingerprint density at radius 1 is 1.16 bits per heavy atom. The van der Waals surface area contributed by atoms with Crippen LogP contribution in [0.4, 0.5) is 4.79 Å². The summed E-state index contributed by atoms with van der Waals surface area (Å²) in [6, 6.07) is -0.428. The van der Waals surface area contributed by atoms with Crippen LogP contribution in [-0.2, 0) is 21.2 Å². The summed E-state index contributed by atoms with van der Waals surface area (Å²) >= 11 is 0. The van der Waals surface area contributed by atoms with Crippen molar-refractivity contribution >= 4 is 21.8 Å². The van der Waals surface area contributed by atoms with Gasteiger partial charge in [0, 0.05) is 17.8 Å². The first-order valence-electron chi connectivity index (χ1n) is 11.2. The summed E-state index contributed by atoms with van der Waals surface area (Å²) < 4.78 is 25.6. The molecule has 1 aromatic heterocycles. The number of sulfone groups is 1. The van der Waals surface area contributed by atoms with Crippen LogP contribution in [0.25, 0.3) is 0 Å². The number of imide groups is 1. The van der Waals surface area contributed by atoms with Crippen molar-refractivity contribution in [2.75, 3.05) is 25.2 Å². The summed E-state index contributed by atoms with van der Waals surface area (Å²) in [6.45, 7) is 4.63. The van der Waals surface area contributed by atoms with Crippen LogP contribution in [0.5, 0.6) is 0 Å². The summed E-state index contributed by atoms with van der Waals surface area (Å²) in [7, 11) is -1.11. The van der Waals surface area contributed by atoms with Crippen LogP contribution in [-0.4, -0.2) is 70.7 Å². The van der Waals surface area contributed by atoms with Crippen LogP contribution >= 0.6 is 0 Å². The van der Waals surface area contributed by atoms with Crippen molar-refractivity contribution < 1.29 is 18.0 Å². The van der Waals surface area contributed by atoms with E-state index in [0.717, 1.165) is 42.6 Å². The van der Waals surface area contributed by atoms with E-state index in [0.29, 0.717) is 25.8 Å². The van der Waals surface area contributed by atoms with E-state index in [4.69, 9.17) is 0 Å². The summed E-state index contributed by atoms with van der Waals surface area (Å²) in [6.07, 6.45) is 6.16. The lowest BCUT2D eigenvalue weighted by molar-refractivity contribution is -0.133. The van der Waals surface area contributed by atoms with Crippen molar-refractivity contribution in [3.05, 3.63) is 17.0 Å². The molecule has 1 unspecified atom stereocenters. The van der Waals surface area contributed by atoms with Crippen molar-refractivity contribution in [1.29, 1.82) is 0 Å². The summed E-state index contributed by atoms with van der Waals surface area (Å²) in [5, 5.41) is 7.60. The van der Waals surface area contributed by atoms with E-state index in [1.165, 1.54) is 4.90 Å².